The molecule has 1 unspecified atom stereocenters. The van der Waals surface area contributed by atoms with Crippen LogP contribution in [0.3, 0.4) is 0 Å². The summed E-state index contributed by atoms with van der Waals surface area (Å²) < 4.78 is 41.6. The number of benzene rings is 3. The van der Waals surface area contributed by atoms with Crippen molar-refractivity contribution in [3.8, 4) is 17.6 Å². The Morgan fingerprint density at radius 3 is 2.66 bits per heavy atom. The first kappa shape index (κ1) is 36.5. The molecule has 50 heavy (non-hydrogen) atoms. The van der Waals surface area contributed by atoms with Crippen molar-refractivity contribution in [2.24, 2.45) is 0 Å². The Morgan fingerprint density at radius 2 is 1.96 bits per heavy atom. The third-order valence-electron chi connectivity index (χ3n) is 7.87. The van der Waals surface area contributed by atoms with E-state index in [2.05, 4.69) is 26.6 Å². The highest BCUT2D eigenvalue weighted by atomic mass is 35.5. The number of nitrogens with one attached hydrogen (secondary N) is 2. The second-order valence-corrected chi connectivity index (χ2v) is 11.9. The van der Waals surface area contributed by atoms with Crippen molar-refractivity contribution < 1.29 is 32.9 Å². The lowest BCUT2D eigenvalue weighted by atomic mass is 10.1. The van der Waals surface area contributed by atoms with Crippen LogP contribution in [0.15, 0.2) is 72.9 Å². The van der Waals surface area contributed by atoms with Gasteiger partial charge < -0.3 is 34.3 Å². The maximum atomic E-state index is 13.6. The van der Waals surface area contributed by atoms with E-state index in [1.165, 1.54) is 24.4 Å². The SMILES string of the molecule is COCCN(CC=CC(=O)Nc1cc2c(Nc3ccc(OCc4cccc(F)c4)c(Cl)c3)c(C#N)cnc2cc1OC1CCOC1)CCOC. The van der Waals surface area contributed by atoms with Crippen LogP contribution in [0.1, 0.15) is 17.5 Å². The molecule has 1 aliphatic rings. The zero-order chi connectivity index (χ0) is 35.3. The van der Waals surface area contributed by atoms with Gasteiger partial charge in [0, 0.05) is 69.7 Å². The number of carbonyl (C=O) groups is 1. The van der Waals surface area contributed by atoms with Crippen molar-refractivity contribution in [1.29, 1.82) is 5.26 Å². The van der Waals surface area contributed by atoms with Crippen LogP contribution in [0.4, 0.5) is 21.5 Å². The molecule has 2 N–H and O–H groups in total. The van der Waals surface area contributed by atoms with Gasteiger partial charge in [-0.3, -0.25) is 14.7 Å². The fourth-order valence-corrected chi connectivity index (χ4v) is 5.50. The summed E-state index contributed by atoms with van der Waals surface area (Å²) >= 11 is 6.57. The lowest BCUT2D eigenvalue weighted by molar-refractivity contribution is -0.111. The number of amides is 1. The molecule has 0 spiro atoms. The standard InChI is InChI=1S/C37H39ClFN5O6/c1-46-15-12-44(13-16-47-2)11-4-7-36(45)43-33-19-30-32(20-35(33)50-29-10-14-48-24-29)41-22-26(21-40)37(30)42-28-8-9-34(31(38)18-28)49-23-25-5-3-6-27(39)17-25/h3-9,17-20,22,29H,10-16,23-24H2,1-2H3,(H,41,42)(H,43,45). The molecule has 262 valence electrons. The van der Waals surface area contributed by atoms with E-state index in [1.54, 1.807) is 62.8 Å². The smallest absolute Gasteiger partial charge is 0.248 e. The van der Waals surface area contributed by atoms with Gasteiger partial charge >= 0.3 is 0 Å². The summed E-state index contributed by atoms with van der Waals surface area (Å²) in [7, 11) is 3.29. The normalized spacial score (nSPS) is 14.3. The van der Waals surface area contributed by atoms with Crippen molar-refractivity contribution in [3.05, 3.63) is 94.9 Å². The number of hydrogen-bond acceptors (Lipinski definition) is 10. The van der Waals surface area contributed by atoms with Gasteiger partial charge in [0.25, 0.3) is 0 Å². The van der Waals surface area contributed by atoms with Gasteiger partial charge in [0.15, 0.2) is 0 Å². The van der Waals surface area contributed by atoms with Crippen LogP contribution >= 0.6 is 11.6 Å². The lowest BCUT2D eigenvalue weighted by Crippen LogP contribution is -2.31. The highest BCUT2D eigenvalue weighted by Gasteiger charge is 2.21. The van der Waals surface area contributed by atoms with Gasteiger partial charge in [0.2, 0.25) is 5.91 Å². The third-order valence-corrected chi connectivity index (χ3v) is 8.17. The van der Waals surface area contributed by atoms with Gasteiger partial charge in [-0.2, -0.15) is 5.26 Å². The molecule has 3 aromatic carbocycles. The summed E-state index contributed by atoms with van der Waals surface area (Å²) in [4.78, 5) is 19.8. The average molecular weight is 704 g/mol. The first-order valence-corrected chi connectivity index (χ1v) is 16.5. The highest BCUT2D eigenvalue weighted by molar-refractivity contribution is 6.32. The van der Waals surface area contributed by atoms with E-state index < -0.39 is 0 Å². The van der Waals surface area contributed by atoms with E-state index in [4.69, 9.17) is 35.3 Å². The summed E-state index contributed by atoms with van der Waals surface area (Å²) in [6, 6.07) is 16.9. The first-order valence-electron chi connectivity index (χ1n) is 16.1. The molecule has 13 heteroatoms. The topological polar surface area (TPSA) is 127 Å². The largest absolute Gasteiger partial charge is 0.487 e. The minimum absolute atomic E-state index is 0.138. The molecule has 1 amide bonds. The number of nitriles is 1. The van der Waals surface area contributed by atoms with Crippen molar-refractivity contribution in [2.75, 3.05) is 70.9 Å². The molecule has 11 nitrogen and oxygen atoms in total. The summed E-state index contributed by atoms with van der Waals surface area (Å²) in [6.07, 6.45) is 5.26. The Balaban J connectivity index is 1.40. The second kappa shape index (κ2) is 18.3. The number of nitrogens with zero attached hydrogens (tertiary/aromatic N) is 3. The first-order chi connectivity index (χ1) is 24.4. The highest BCUT2D eigenvalue weighted by Crippen LogP contribution is 2.38. The van der Waals surface area contributed by atoms with Crippen LogP contribution in [-0.2, 0) is 25.6 Å². The van der Waals surface area contributed by atoms with Crippen LogP contribution in [-0.4, -0.2) is 82.2 Å². The zero-order valence-corrected chi connectivity index (χ0v) is 28.7. The summed E-state index contributed by atoms with van der Waals surface area (Å²) in [5, 5.41) is 17.2. The van der Waals surface area contributed by atoms with Crippen LogP contribution in [0.5, 0.6) is 11.5 Å². The van der Waals surface area contributed by atoms with Gasteiger partial charge in [-0.25, -0.2) is 4.39 Å². The van der Waals surface area contributed by atoms with Crippen molar-refractivity contribution in [3.63, 3.8) is 0 Å². The van der Waals surface area contributed by atoms with E-state index >= 15 is 0 Å². The minimum Gasteiger partial charge on any atom is -0.487 e. The quantitative estimate of drug-likeness (QED) is 0.118. The lowest BCUT2D eigenvalue weighted by Gasteiger charge is -2.20. The Labute approximate surface area is 295 Å². The van der Waals surface area contributed by atoms with E-state index in [0.29, 0.717) is 103 Å². The maximum absolute atomic E-state index is 13.6. The average Bonchev–Trinajstić information content (AvgIpc) is 3.62. The van der Waals surface area contributed by atoms with Crippen LogP contribution < -0.4 is 20.1 Å². The van der Waals surface area contributed by atoms with Gasteiger partial charge in [0.05, 0.1) is 53.9 Å². The number of carbonyl (C=O) groups excluding carboxylic acids is 1. The van der Waals surface area contributed by atoms with Crippen LogP contribution in [0.25, 0.3) is 10.9 Å². The number of fused-ring (bicyclic) bond motifs is 1. The molecule has 1 aliphatic heterocycles. The summed E-state index contributed by atoms with van der Waals surface area (Å²) in [5.41, 5.74) is 2.95. The summed E-state index contributed by atoms with van der Waals surface area (Å²) in [6.45, 7) is 4.18. The van der Waals surface area contributed by atoms with E-state index in [9.17, 15) is 14.4 Å². The molecule has 5 rings (SSSR count). The van der Waals surface area contributed by atoms with E-state index in [0.717, 1.165) is 0 Å². The van der Waals surface area contributed by atoms with Crippen molar-refractivity contribution in [1.82, 2.24) is 9.88 Å². The van der Waals surface area contributed by atoms with Crippen LogP contribution in [0, 0.1) is 17.1 Å². The maximum Gasteiger partial charge on any atom is 0.248 e. The second-order valence-electron chi connectivity index (χ2n) is 11.5. The minimum atomic E-state index is -0.352. The molecular formula is C37H39ClFN5O6. The fourth-order valence-electron chi connectivity index (χ4n) is 5.27. The molecule has 0 radical (unpaired) electrons. The molecule has 4 aromatic rings. The molecule has 0 bridgehead atoms. The Kier molecular flexibility index (Phi) is 13.4. The molecule has 1 atom stereocenters. The molecule has 2 heterocycles. The van der Waals surface area contributed by atoms with E-state index in [1.807, 2.05) is 0 Å². The van der Waals surface area contributed by atoms with Crippen LogP contribution in [0.2, 0.25) is 5.02 Å². The van der Waals surface area contributed by atoms with Gasteiger partial charge in [-0.15, -0.1) is 0 Å². The molecular weight excluding hydrogens is 665 g/mol. The summed E-state index contributed by atoms with van der Waals surface area (Å²) in [5.74, 6) is 0.147. The van der Waals surface area contributed by atoms with Gasteiger partial charge in [0.1, 0.15) is 36.1 Å². The molecule has 1 fully saturated rings. The number of anilines is 3. The molecule has 0 aliphatic carbocycles. The number of pyridine rings is 1. The fraction of sp³-hybridized carbons (Fsp3) is 0.324. The number of halogens is 2. The number of rotatable bonds is 17. The Morgan fingerprint density at radius 1 is 1.14 bits per heavy atom. The van der Waals surface area contributed by atoms with Crippen molar-refractivity contribution >= 4 is 45.5 Å². The molecule has 0 saturated carbocycles. The number of aromatic nitrogens is 1. The zero-order valence-electron chi connectivity index (χ0n) is 27.9. The van der Waals surface area contributed by atoms with Gasteiger partial charge in [-0.05, 0) is 42.0 Å². The number of ether oxygens (including phenoxy) is 5. The van der Waals surface area contributed by atoms with E-state index in [-0.39, 0.29) is 30.0 Å². The number of hydrogen-bond donors (Lipinski definition) is 2. The Bertz CT molecular complexity index is 1840. The Hall–Kier alpha value is -4.77. The monoisotopic (exact) mass is 703 g/mol. The van der Waals surface area contributed by atoms with Gasteiger partial charge in [-0.1, -0.05) is 29.8 Å². The molecule has 1 aromatic heterocycles. The predicted octanol–water partition coefficient (Wildman–Crippen LogP) is 6.48. The third kappa shape index (κ3) is 10.1. The molecule has 1 saturated heterocycles. The van der Waals surface area contributed by atoms with Crippen molar-refractivity contribution in [2.45, 2.75) is 19.1 Å². The number of methoxy groups -OCH3 is 2. The predicted molar refractivity (Wildman–Crippen MR) is 190 cm³/mol.